The molecule has 0 aliphatic carbocycles. The Bertz CT molecular complexity index is 982. The summed E-state index contributed by atoms with van der Waals surface area (Å²) in [5, 5.41) is 11.6. The monoisotopic (exact) mass is 467 g/mol. The molecule has 2 aromatic rings. The van der Waals surface area contributed by atoms with Gasteiger partial charge in [0.15, 0.2) is 12.4 Å². The van der Waals surface area contributed by atoms with Gasteiger partial charge in [-0.2, -0.15) is 4.73 Å². The third-order valence-electron chi connectivity index (χ3n) is 5.05. The van der Waals surface area contributed by atoms with Crippen molar-refractivity contribution in [3.05, 3.63) is 65.1 Å². The van der Waals surface area contributed by atoms with E-state index in [9.17, 15) is 28.0 Å². The lowest BCUT2D eigenvalue weighted by Gasteiger charge is -2.27. The molecule has 1 atom stereocenters. The van der Waals surface area contributed by atoms with Gasteiger partial charge in [0.25, 0.3) is 5.91 Å². The van der Waals surface area contributed by atoms with E-state index < -0.39 is 18.4 Å². The first-order valence-electron chi connectivity index (χ1n) is 10.3. The van der Waals surface area contributed by atoms with Gasteiger partial charge in [0.2, 0.25) is 5.91 Å². The van der Waals surface area contributed by atoms with Crippen LogP contribution < -0.4 is 9.47 Å². The summed E-state index contributed by atoms with van der Waals surface area (Å²) < 4.78 is 47.3. The van der Waals surface area contributed by atoms with Gasteiger partial charge in [-0.1, -0.05) is 12.1 Å². The quantitative estimate of drug-likeness (QED) is 0.482. The van der Waals surface area contributed by atoms with Crippen LogP contribution in [-0.4, -0.2) is 59.8 Å². The van der Waals surface area contributed by atoms with Crippen LogP contribution in [0.5, 0.6) is 5.75 Å². The molecule has 1 saturated heterocycles. The van der Waals surface area contributed by atoms with Crippen LogP contribution in [0.15, 0.2) is 48.8 Å². The summed E-state index contributed by atoms with van der Waals surface area (Å²) in [6, 6.07) is 8.08. The van der Waals surface area contributed by atoms with E-state index >= 15 is 0 Å². The second-order valence-corrected chi connectivity index (χ2v) is 7.90. The standard InChI is InChI=1S/C22H24F3N3O5/c1-15(2)28-12-19(32-14-16-5-7-18(8-6-16)33-22(23,24)25)11-26(13-20(28)29)21(30)17-4-3-9-27(31)10-17/h3-10,15,19H,11-14H2,1-2H3. The lowest BCUT2D eigenvalue weighted by Crippen LogP contribution is -2.42. The Kier molecular flexibility index (Phi) is 7.42. The molecule has 1 aromatic carbocycles. The van der Waals surface area contributed by atoms with Gasteiger partial charge in [-0.15, -0.1) is 13.2 Å². The Morgan fingerprint density at radius 2 is 1.91 bits per heavy atom. The first-order chi connectivity index (χ1) is 15.5. The highest BCUT2D eigenvalue weighted by atomic mass is 19.4. The minimum Gasteiger partial charge on any atom is -0.619 e. The zero-order valence-corrected chi connectivity index (χ0v) is 18.1. The van der Waals surface area contributed by atoms with Crippen LogP contribution in [0.4, 0.5) is 13.2 Å². The maximum absolute atomic E-state index is 12.9. The number of hydrogen-bond donors (Lipinski definition) is 0. The lowest BCUT2D eigenvalue weighted by molar-refractivity contribution is -0.605. The molecule has 11 heteroatoms. The van der Waals surface area contributed by atoms with Crippen LogP contribution >= 0.6 is 0 Å². The average molecular weight is 467 g/mol. The molecule has 3 rings (SSSR count). The van der Waals surface area contributed by atoms with Gasteiger partial charge in [0.05, 0.1) is 12.7 Å². The van der Waals surface area contributed by atoms with Gasteiger partial charge in [-0.3, -0.25) is 9.59 Å². The number of halogens is 3. The molecule has 2 heterocycles. The maximum atomic E-state index is 12.9. The largest absolute Gasteiger partial charge is 0.619 e. The van der Waals surface area contributed by atoms with Crippen molar-refractivity contribution in [1.82, 2.24) is 9.80 Å². The Morgan fingerprint density at radius 1 is 1.21 bits per heavy atom. The number of carbonyl (C=O) groups is 2. The van der Waals surface area contributed by atoms with Crippen molar-refractivity contribution in [2.45, 2.75) is 39.0 Å². The van der Waals surface area contributed by atoms with E-state index in [0.29, 0.717) is 10.3 Å². The second kappa shape index (κ2) is 10.1. The van der Waals surface area contributed by atoms with Crippen molar-refractivity contribution in [2.75, 3.05) is 19.6 Å². The van der Waals surface area contributed by atoms with Crippen LogP contribution in [0, 0.1) is 5.21 Å². The fourth-order valence-electron chi connectivity index (χ4n) is 3.47. The Labute approximate surface area is 188 Å². The number of aromatic nitrogens is 1. The van der Waals surface area contributed by atoms with Crippen LogP contribution in [-0.2, 0) is 16.1 Å². The zero-order chi connectivity index (χ0) is 24.2. The number of benzene rings is 1. The second-order valence-electron chi connectivity index (χ2n) is 7.90. The zero-order valence-electron chi connectivity index (χ0n) is 18.1. The topological polar surface area (TPSA) is 86.0 Å². The van der Waals surface area contributed by atoms with E-state index in [-0.39, 0.29) is 49.5 Å². The van der Waals surface area contributed by atoms with Crippen molar-refractivity contribution in [2.24, 2.45) is 0 Å². The highest BCUT2D eigenvalue weighted by molar-refractivity contribution is 5.96. The van der Waals surface area contributed by atoms with Crippen LogP contribution in [0.1, 0.15) is 29.8 Å². The van der Waals surface area contributed by atoms with E-state index in [2.05, 4.69) is 4.74 Å². The normalized spacial score (nSPS) is 17.3. The third kappa shape index (κ3) is 6.82. The van der Waals surface area contributed by atoms with Gasteiger partial charge in [0, 0.05) is 25.2 Å². The Balaban J connectivity index is 1.72. The molecule has 1 aliphatic rings. The SMILES string of the molecule is CC(C)N1CC(OCc2ccc(OC(F)(F)F)cc2)CN(C(=O)c2ccc[n+]([O-])c2)CC1=O. The molecule has 33 heavy (non-hydrogen) atoms. The average Bonchev–Trinajstić information content (AvgIpc) is 2.90. The van der Waals surface area contributed by atoms with E-state index in [1.54, 1.807) is 4.90 Å². The number of alkyl halides is 3. The summed E-state index contributed by atoms with van der Waals surface area (Å²) in [6.45, 7) is 3.95. The van der Waals surface area contributed by atoms with Crippen molar-refractivity contribution in [3.8, 4) is 5.75 Å². The minimum atomic E-state index is -4.77. The highest BCUT2D eigenvalue weighted by Gasteiger charge is 2.33. The van der Waals surface area contributed by atoms with Gasteiger partial charge >= 0.3 is 6.36 Å². The van der Waals surface area contributed by atoms with E-state index in [1.165, 1.54) is 47.5 Å². The lowest BCUT2D eigenvalue weighted by atomic mass is 10.2. The molecule has 0 N–H and O–H groups in total. The van der Waals surface area contributed by atoms with Crippen molar-refractivity contribution >= 4 is 11.8 Å². The molecule has 178 valence electrons. The van der Waals surface area contributed by atoms with Crippen LogP contribution in [0.2, 0.25) is 0 Å². The fraction of sp³-hybridized carbons (Fsp3) is 0.409. The van der Waals surface area contributed by atoms with Gasteiger partial charge in [0.1, 0.15) is 17.9 Å². The third-order valence-corrected chi connectivity index (χ3v) is 5.05. The molecule has 0 bridgehead atoms. The molecule has 1 aliphatic heterocycles. The maximum Gasteiger partial charge on any atom is 0.573 e. The summed E-state index contributed by atoms with van der Waals surface area (Å²) in [5.74, 6) is -1.06. The summed E-state index contributed by atoms with van der Waals surface area (Å²) in [4.78, 5) is 28.6. The molecular weight excluding hydrogens is 443 g/mol. The van der Waals surface area contributed by atoms with Gasteiger partial charge in [-0.25, -0.2) is 0 Å². The summed E-state index contributed by atoms with van der Waals surface area (Å²) in [7, 11) is 0. The first kappa shape index (κ1) is 24.3. The van der Waals surface area contributed by atoms with E-state index in [0.717, 1.165) is 6.20 Å². The molecule has 8 nitrogen and oxygen atoms in total. The fourth-order valence-corrected chi connectivity index (χ4v) is 3.47. The molecular formula is C22H24F3N3O5. The summed E-state index contributed by atoms with van der Waals surface area (Å²) in [6.07, 6.45) is -2.93. The molecule has 2 amide bonds. The summed E-state index contributed by atoms with van der Waals surface area (Å²) in [5.41, 5.74) is 0.752. The number of amides is 2. The molecule has 0 saturated carbocycles. The minimum absolute atomic E-state index is 0.0605. The van der Waals surface area contributed by atoms with Crippen molar-refractivity contribution in [3.63, 3.8) is 0 Å². The number of hydrogen-bond acceptors (Lipinski definition) is 5. The first-order valence-corrected chi connectivity index (χ1v) is 10.3. The number of pyridine rings is 1. The molecule has 1 unspecified atom stereocenters. The molecule has 0 spiro atoms. The Morgan fingerprint density at radius 3 is 2.52 bits per heavy atom. The van der Waals surface area contributed by atoms with Gasteiger partial charge in [-0.05, 0) is 37.6 Å². The predicted molar refractivity (Wildman–Crippen MR) is 110 cm³/mol. The smallest absolute Gasteiger partial charge is 0.573 e. The van der Waals surface area contributed by atoms with Crippen LogP contribution in [0.25, 0.3) is 0 Å². The molecule has 1 aromatic heterocycles. The summed E-state index contributed by atoms with van der Waals surface area (Å²) >= 11 is 0. The molecule has 0 radical (unpaired) electrons. The van der Waals surface area contributed by atoms with Crippen molar-refractivity contribution < 1.29 is 37.0 Å². The van der Waals surface area contributed by atoms with Gasteiger partial charge < -0.3 is 24.5 Å². The van der Waals surface area contributed by atoms with Crippen LogP contribution in [0.3, 0.4) is 0 Å². The van der Waals surface area contributed by atoms with Crippen molar-refractivity contribution in [1.29, 1.82) is 0 Å². The molecule has 1 fully saturated rings. The Hall–Kier alpha value is -3.34. The highest BCUT2D eigenvalue weighted by Crippen LogP contribution is 2.23. The number of nitrogens with zero attached hydrogens (tertiary/aromatic N) is 3. The van der Waals surface area contributed by atoms with E-state index in [1.807, 2.05) is 13.8 Å². The number of rotatable bonds is 6. The number of ether oxygens (including phenoxy) is 2. The number of carbonyl (C=O) groups excluding carboxylic acids is 2. The van der Waals surface area contributed by atoms with E-state index in [4.69, 9.17) is 4.74 Å². The predicted octanol–water partition coefficient (Wildman–Crippen LogP) is 2.50.